The summed E-state index contributed by atoms with van der Waals surface area (Å²) in [5, 5.41) is 9.69. The van der Waals surface area contributed by atoms with Crippen LogP contribution in [0.25, 0.3) is 0 Å². The third kappa shape index (κ3) is 3.67. The van der Waals surface area contributed by atoms with Gasteiger partial charge in [0.1, 0.15) is 5.75 Å². The summed E-state index contributed by atoms with van der Waals surface area (Å²) >= 11 is 0. The quantitative estimate of drug-likeness (QED) is 0.888. The van der Waals surface area contributed by atoms with Crippen molar-refractivity contribution in [3.63, 3.8) is 0 Å². The lowest BCUT2D eigenvalue weighted by Gasteiger charge is -2.12. The van der Waals surface area contributed by atoms with Crippen molar-refractivity contribution < 1.29 is 9.53 Å². The Morgan fingerprint density at radius 2 is 2.05 bits per heavy atom. The molecule has 0 bridgehead atoms. The van der Waals surface area contributed by atoms with Crippen LogP contribution in [0.3, 0.4) is 0 Å². The van der Waals surface area contributed by atoms with Crippen LogP contribution in [-0.2, 0) is 4.79 Å². The molecule has 0 fully saturated rings. The van der Waals surface area contributed by atoms with Crippen LogP contribution in [0, 0.1) is 20.8 Å². The van der Waals surface area contributed by atoms with Crippen LogP contribution in [0.1, 0.15) is 42.3 Å². The predicted molar refractivity (Wildman–Crippen MR) is 87.5 cm³/mol. The van der Waals surface area contributed by atoms with Crippen LogP contribution in [0.15, 0.2) is 18.2 Å². The molecular weight excluding hydrogens is 278 g/mol. The standard InChI is InChI=1S/C17H23N3O2/c1-10(2)15-7-6-14(8-11(15)3)22-9-16(21)18-17-12(4)19-20-13(17)5/h6-8,10H,9H2,1-5H3,(H,18,21)(H,19,20). The molecule has 1 aromatic heterocycles. The van der Waals surface area contributed by atoms with Crippen LogP contribution in [0.4, 0.5) is 5.69 Å². The molecule has 118 valence electrons. The van der Waals surface area contributed by atoms with Crippen molar-refractivity contribution in [3.8, 4) is 5.75 Å². The molecule has 0 saturated heterocycles. The average Bonchev–Trinajstić information content (AvgIpc) is 2.76. The van der Waals surface area contributed by atoms with Gasteiger partial charge < -0.3 is 10.1 Å². The molecule has 0 aliphatic rings. The molecule has 0 radical (unpaired) electrons. The topological polar surface area (TPSA) is 67.0 Å². The molecule has 1 amide bonds. The molecule has 5 heteroatoms. The van der Waals surface area contributed by atoms with E-state index in [-0.39, 0.29) is 12.5 Å². The first kappa shape index (κ1) is 16.1. The number of aryl methyl sites for hydroxylation is 3. The highest BCUT2D eigenvalue weighted by molar-refractivity contribution is 5.92. The Morgan fingerprint density at radius 3 is 2.59 bits per heavy atom. The zero-order valence-corrected chi connectivity index (χ0v) is 13.8. The van der Waals surface area contributed by atoms with Gasteiger partial charge >= 0.3 is 0 Å². The zero-order valence-electron chi connectivity index (χ0n) is 13.8. The molecule has 0 aliphatic heterocycles. The smallest absolute Gasteiger partial charge is 0.262 e. The normalized spacial score (nSPS) is 10.8. The van der Waals surface area contributed by atoms with E-state index in [1.807, 2.05) is 26.0 Å². The van der Waals surface area contributed by atoms with Crippen LogP contribution in [-0.4, -0.2) is 22.7 Å². The molecule has 0 spiro atoms. The first-order valence-electron chi connectivity index (χ1n) is 7.43. The van der Waals surface area contributed by atoms with E-state index in [2.05, 4.69) is 42.4 Å². The van der Waals surface area contributed by atoms with E-state index in [0.717, 1.165) is 17.1 Å². The summed E-state index contributed by atoms with van der Waals surface area (Å²) in [6.45, 7) is 10.1. The van der Waals surface area contributed by atoms with Gasteiger partial charge in [0.15, 0.2) is 6.61 Å². The van der Waals surface area contributed by atoms with Crippen LogP contribution >= 0.6 is 0 Å². The average molecular weight is 301 g/mol. The van der Waals surface area contributed by atoms with E-state index in [4.69, 9.17) is 4.74 Å². The second-order valence-electron chi connectivity index (χ2n) is 5.82. The van der Waals surface area contributed by atoms with Crippen molar-refractivity contribution in [1.82, 2.24) is 10.2 Å². The minimum absolute atomic E-state index is 0.0233. The number of carbonyl (C=O) groups is 1. The maximum Gasteiger partial charge on any atom is 0.262 e. The fourth-order valence-corrected chi connectivity index (χ4v) is 2.45. The summed E-state index contributed by atoms with van der Waals surface area (Å²) in [5.74, 6) is 0.986. The number of aromatic amines is 1. The number of nitrogens with one attached hydrogen (secondary N) is 2. The van der Waals surface area contributed by atoms with Crippen molar-refractivity contribution in [2.45, 2.75) is 40.5 Å². The second-order valence-corrected chi connectivity index (χ2v) is 5.82. The van der Waals surface area contributed by atoms with E-state index in [0.29, 0.717) is 11.7 Å². The zero-order chi connectivity index (χ0) is 16.3. The van der Waals surface area contributed by atoms with Gasteiger partial charge in [-0.2, -0.15) is 5.10 Å². The molecule has 2 aromatic rings. The van der Waals surface area contributed by atoms with Crippen molar-refractivity contribution >= 4 is 11.6 Å². The van der Waals surface area contributed by atoms with E-state index in [1.54, 1.807) is 0 Å². The maximum absolute atomic E-state index is 12.0. The number of aromatic nitrogens is 2. The Bertz CT molecular complexity index is 655. The van der Waals surface area contributed by atoms with Gasteiger partial charge in [0.2, 0.25) is 0 Å². The van der Waals surface area contributed by atoms with Gasteiger partial charge in [-0.15, -0.1) is 0 Å². The van der Waals surface area contributed by atoms with Crippen molar-refractivity contribution in [1.29, 1.82) is 0 Å². The molecule has 0 atom stereocenters. The van der Waals surface area contributed by atoms with E-state index >= 15 is 0 Å². The maximum atomic E-state index is 12.0. The van der Waals surface area contributed by atoms with E-state index < -0.39 is 0 Å². The third-order valence-electron chi connectivity index (χ3n) is 3.63. The van der Waals surface area contributed by atoms with Crippen molar-refractivity contribution in [2.75, 3.05) is 11.9 Å². The Hall–Kier alpha value is -2.30. The molecule has 2 N–H and O–H groups in total. The SMILES string of the molecule is Cc1cc(OCC(=O)Nc2c(C)n[nH]c2C)ccc1C(C)C. The van der Waals surface area contributed by atoms with Crippen molar-refractivity contribution in [2.24, 2.45) is 0 Å². The number of hydrogen-bond donors (Lipinski definition) is 2. The number of H-pyrrole nitrogens is 1. The Morgan fingerprint density at radius 1 is 1.32 bits per heavy atom. The first-order valence-corrected chi connectivity index (χ1v) is 7.43. The summed E-state index contributed by atoms with van der Waals surface area (Å²) in [4.78, 5) is 12.0. The lowest BCUT2D eigenvalue weighted by Crippen LogP contribution is -2.20. The Balaban J connectivity index is 1.95. The molecule has 5 nitrogen and oxygen atoms in total. The minimum atomic E-state index is -0.196. The second kappa shape index (κ2) is 6.64. The van der Waals surface area contributed by atoms with E-state index in [1.165, 1.54) is 11.1 Å². The molecule has 2 rings (SSSR count). The van der Waals surface area contributed by atoms with Gasteiger partial charge in [-0.05, 0) is 49.9 Å². The number of benzene rings is 1. The summed E-state index contributed by atoms with van der Waals surface area (Å²) in [6, 6.07) is 5.93. The number of ether oxygens (including phenoxy) is 1. The molecule has 0 saturated carbocycles. The largest absolute Gasteiger partial charge is 0.484 e. The lowest BCUT2D eigenvalue weighted by atomic mass is 9.98. The van der Waals surface area contributed by atoms with Gasteiger partial charge in [-0.1, -0.05) is 19.9 Å². The third-order valence-corrected chi connectivity index (χ3v) is 3.63. The van der Waals surface area contributed by atoms with Gasteiger partial charge in [-0.3, -0.25) is 9.89 Å². The monoisotopic (exact) mass is 301 g/mol. The predicted octanol–water partition coefficient (Wildman–Crippen LogP) is 3.48. The van der Waals surface area contributed by atoms with Gasteiger partial charge in [0.25, 0.3) is 5.91 Å². The number of anilines is 1. The fourth-order valence-electron chi connectivity index (χ4n) is 2.45. The number of hydrogen-bond acceptors (Lipinski definition) is 3. The van der Waals surface area contributed by atoms with Crippen molar-refractivity contribution in [3.05, 3.63) is 40.7 Å². The van der Waals surface area contributed by atoms with Gasteiger partial charge in [0.05, 0.1) is 17.1 Å². The number of carbonyl (C=O) groups excluding carboxylic acids is 1. The van der Waals surface area contributed by atoms with Gasteiger partial charge in [0, 0.05) is 0 Å². The van der Waals surface area contributed by atoms with Gasteiger partial charge in [-0.25, -0.2) is 0 Å². The molecule has 0 unspecified atom stereocenters. The minimum Gasteiger partial charge on any atom is -0.484 e. The highest BCUT2D eigenvalue weighted by Gasteiger charge is 2.11. The fraction of sp³-hybridized carbons (Fsp3) is 0.412. The summed E-state index contributed by atoms with van der Waals surface area (Å²) < 4.78 is 5.57. The Labute approximate surface area is 131 Å². The number of amides is 1. The number of rotatable bonds is 5. The summed E-state index contributed by atoms with van der Waals surface area (Å²) in [6.07, 6.45) is 0. The number of nitrogens with zero attached hydrogens (tertiary/aromatic N) is 1. The highest BCUT2D eigenvalue weighted by atomic mass is 16.5. The van der Waals surface area contributed by atoms with E-state index in [9.17, 15) is 4.79 Å². The first-order chi connectivity index (χ1) is 10.4. The highest BCUT2D eigenvalue weighted by Crippen LogP contribution is 2.23. The molecular formula is C17H23N3O2. The van der Waals surface area contributed by atoms with Crippen LogP contribution < -0.4 is 10.1 Å². The Kier molecular flexibility index (Phi) is 4.85. The molecule has 1 heterocycles. The van der Waals surface area contributed by atoms with Crippen LogP contribution in [0.2, 0.25) is 0 Å². The summed E-state index contributed by atoms with van der Waals surface area (Å²) in [5.41, 5.74) is 4.79. The molecule has 1 aromatic carbocycles. The summed E-state index contributed by atoms with van der Waals surface area (Å²) in [7, 11) is 0. The molecule has 22 heavy (non-hydrogen) atoms. The lowest BCUT2D eigenvalue weighted by molar-refractivity contribution is -0.118. The van der Waals surface area contributed by atoms with Crippen LogP contribution in [0.5, 0.6) is 5.75 Å². The molecule has 0 aliphatic carbocycles.